The van der Waals surface area contributed by atoms with E-state index in [1.165, 1.54) is 6.92 Å². The summed E-state index contributed by atoms with van der Waals surface area (Å²) < 4.78 is 5.41. The molecule has 0 aliphatic carbocycles. The summed E-state index contributed by atoms with van der Waals surface area (Å²) in [7, 11) is 0. The Hall–Kier alpha value is -1.14. The monoisotopic (exact) mass is 269 g/mol. The van der Waals surface area contributed by atoms with Crippen LogP contribution in [0, 0.1) is 5.92 Å². The van der Waals surface area contributed by atoms with Gasteiger partial charge in [0.1, 0.15) is 0 Å². The van der Waals surface area contributed by atoms with E-state index in [0.717, 1.165) is 19.5 Å². The van der Waals surface area contributed by atoms with Gasteiger partial charge < -0.3 is 20.3 Å². The van der Waals surface area contributed by atoms with Crippen molar-refractivity contribution in [2.45, 2.75) is 32.4 Å². The van der Waals surface area contributed by atoms with Crippen molar-refractivity contribution in [3.63, 3.8) is 0 Å². The third-order valence-electron chi connectivity index (χ3n) is 3.77. The minimum Gasteiger partial charge on any atom is -0.379 e. The van der Waals surface area contributed by atoms with Crippen LogP contribution >= 0.6 is 0 Å². The van der Waals surface area contributed by atoms with E-state index >= 15 is 0 Å². The minimum atomic E-state index is -0.0870. The van der Waals surface area contributed by atoms with E-state index in [0.29, 0.717) is 19.8 Å². The molecular weight excluding hydrogens is 246 g/mol. The average molecular weight is 269 g/mol. The lowest BCUT2D eigenvalue weighted by Crippen LogP contribution is -2.46. The van der Waals surface area contributed by atoms with Gasteiger partial charge in [-0.3, -0.25) is 9.59 Å². The standard InChI is InChI=1S/C13H23N3O3/c1-3-14-12-8-19-7-11(12)13(18)16-5-4-10(6-16)15-9(2)17/h10-12,14H,3-8H2,1-2H3,(H,15,17). The van der Waals surface area contributed by atoms with Crippen molar-refractivity contribution in [2.75, 3.05) is 32.8 Å². The molecule has 6 nitrogen and oxygen atoms in total. The molecule has 2 aliphatic rings. The summed E-state index contributed by atoms with van der Waals surface area (Å²) in [6, 6.07) is 0.221. The molecule has 2 fully saturated rings. The Morgan fingerprint density at radius 3 is 2.84 bits per heavy atom. The molecule has 6 heteroatoms. The van der Waals surface area contributed by atoms with Crippen LogP contribution in [-0.4, -0.2) is 61.6 Å². The van der Waals surface area contributed by atoms with Gasteiger partial charge in [-0.1, -0.05) is 6.92 Å². The molecule has 3 unspecified atom stereocenters. The zero-order valence-corrected chi connectivity index (χ0v) is 11.6. The SMILES string of the molecule is CCNC1COCC1C(=O)N1CCC(NC(C)=O)C1. The number of carbonyl (C=O) groups excluding carboxylic acids is 2. The van der Waals surface area contributed by atoms with Gasteiger partial charge in [0.15, 0.2) is 0 Å². The predicted octanol–water partition coefficient (Wildman–Crippen LogP) is -0.652. The molecule has 2 amide bonds. The number of amides is 2. The van der Waals surface area contributed by atoms with Crippen LogP contribution in [0.1, 0.15) is 20.3 Å². The van der Waals surface area contributed by atoms with Gasteiger partial charge in [-0.15, -0.1) is 0 Å². The molecule has 2 saturated heterocycles. The van der Waals surface area contributed by atoms with Crippen molar-refractivity contribution in [1.82, 2.24) is 15.5 Å². The molecule has 0 aromatic rings. The number of likely N-dealkylation sites (N-methyl/N-ethyl adjacent to an activating group) is 1. The van der Waals surface area contributed by atoms with E-state index in [1.807, 2.05) is 11.8 Å². The molecule has 0 saturated carbocycles. The molecule has 0 radical (unpaired) electrons. The van der Waals surface area contributed by atoms with Crippen molar-refractivity contribution >= 4 is 11.8 Å². The Balaban J connectivity index is 1.88. The highest BCUT2D eigenvalue weighted by molar-refractivity contribution is 5.80. The fourth-order valence-corrected chi connectivity index (χ4v) is 2.86. The molecule has 2 heterocycles. The first-order valence-electron chi connectivity index (χ1n) is 6.98. The van der Waals surface area contributed by atoms with Crippen molar-refractivity contribution < 1.29 is 14.3 Å². The Bertz CT molecular complexity index is 348. The van der Waals surface area contributed by atoms with Gasteiger partial charge in [-0.05, 0) is 13.0 Å². The summed E-state index contributed by atoms with van der Waals surface area (Å²) in [6.07, 6.45) is 0.838. The van der Waals surface area contributed by atoms with Gasteiger partial charge in [0.25, 0.3) is 0 Å². The van der Waals surface area contributed by atoms with E-state index in [4.69, 9.17) is 4.74 Å². The van der Waals surface area contributed by atoms with Gasteiger partial charge in [-0.2, -0.15) is 0 Å². The number of nitrogens with zero attached hydrogens (tertiary/aromatic N) is 1. The summed E-state index contributed by atoms with van der Waals surface area (Å²) in [6.45, 7) is 6.82. The number of likely N-dealkylation sites (tertiary alicyclic amines) is 1. The molecule has 0 bridgehead atoms. The number of hydrogen-bond donors (Lipinski definition) is 2. The zero-order valence-electron chi connectivity index (χ0n) is 11.6. The lowest BCUT2D eigenvalue weighted by atomic mass is 10.0. The van der Waals surface area contributed by atoms with Crippen LogP contribution in [0.4, 0.5) is 0 Å². The van der Waals surface area contributed by atoms with E-state index in [9.17, 15) is 9.59 Å². The van der Waals surface area contributed by atoms with E-state index in [1.54, 1.807) is 0 Å². The lowest BCUT2D eigenvalue weighted by Gasteiger charge is -2.24. The first-order valence-corrected chi connectivity index (χ1v) is 6.98. The van der Waals surface area contributed by atoms with Crippen LogP contribution in [-0.2, 0) is 14.3 Å². The highest BCUT2D eigenvalue weighted by atomic mass is 16.5. The quantitative estimate of drug-likeness (QED) is 0.711. The highest BCUT2D eigenvalue weighted by Gasteiger charge is 2.38. The Kier molecular flexibility index (Phi) is 4.76. The van der Waals surface area contributed by atoms with Crippen LogP contribution in [0.15, 0.2) is 0 Å². The Morgan fingerprint density at radius 2 is 2.16 bits per heavy atom. The summed E-state index contributed by atoms with van der Waals surface area (Å²) >= 11 is 0. The van der Waals surface area contributed by atoms with E-state index in [-0.39, 0.29) is 29.8 Å². The predicted molar refractivity (Wildman–Crippen MR) is 70.6 cm³/mol. The normalized spacial score (nSPS) is 30.6. The largest absolute Gasteiger partial charge is 0.379 e. The van der Waals surface area contributed by atoms with Gasteiger partial charge in [0.05, 0.1) is 19.1 Å². The molecular formula is C13H23N3O3. The fourth-order valence-electron chi connectivity index (χ4n) is 2.86. The lowest BCUT2D eigenvalue weighted by molar-refractivity contribution is -0.135. The smallest absolute Gasteiger partial charge is 0.229 e. The second-order valence-electron chi connectivity index (χ2n) is 5.28. The molecule has 108 valence electrons. The maximum Gasteiger partial charge on any atom is 0.229 e. The minimum absolute atomic E-state index is 0.0333. The maximum atomic E-state index is 12.5. The second kappa shape index (κ2) is 6.34. The number of carbonyl (C=O) groups is 2. The Morgan fingerprint density at radius 1 is 1.37 bits per heavy atom. The van der Waals surface area contributed by atoms with Crippen molar-refractivity contribution in [3.8, 4) is 0 Å². The first kappa shape index (κ1) is 14.3. The molecule has 2 rings (SSSR count). The van der Waals surface area contributed by atoms with Gasteiger partial charge in [0, 0.05) is 32.1 Å². The summed E-state index contributed by atoms with van der Waals surface area (Å²) in [5.74, 6) is 0.0290. The second-order valence-corrected chi connectivity index (χ2v) is 5.28. The number of hydrogen-bond acceptors (Lipinski definition) is 4. The molecule has 2 aliphatic heterocycles. The first-order chi connectivity index (χ1) is 9.11. The number of ether oxygens (including phenoxy) is 1. The fraction of sp³-hybridized carbons (Fsp3) is 0.846. The molecule has 0 spiro atoms. The average Bonchev–Trinajstić information content (AvgIpc) is 2.97. The highest BCUT2D eigenvalue weighted by Crippen LogP contribution is 2.20. The number of rotatable bonds is 4. The van der Waals surface area contributed by atoms with Crippen LogP contribution in [0.25, 0.3) is 0 Å². The topological polar surface area (TPSA) is 70.7 Å². The van der Waals surface area contributed by atoms with Crippen molar-refractivity contribution in [1.29, 1.82) is 0 Å². The summed E-state index contributed by atoms with van der Waals surface area (Å²) in [4.78, 5) is 25.3. The van der Waals surface area contributed by atoms with Crippen LogP contribution in [0.5, 0.6) is 0 Å². The zero-order chi connectivity index (χ0) is 13.8. The third-order valence-corrected chi connectivity index (χ3v) is 3.77. The number of nitrogens with one attached hydrogen (secondary N) is 2. The molecule has 0 aromatic carbocycles. The molecule has 0 aromatic heterocycles. The van der Waals surface area contributed by atoms with Gasteiger partial charge in [0.2, 0.25) is 11.8 Å². The Labute approximate surface area is 113 Å². The van der Waals surface area contributed by atoms with E-state index < -0.39 is 0 Å². The summed E-state index contributed by atoms with van der Waals surface area (Å²) in [5.41, 5.74) is 0. The van der Waals surface area contributed by atoms with Crippen molar-refractivity contribution in [2.24, 2.45) is 5.92 Å². The van der Waals surface area contributed by atoms with Crippen molar-refractivity contribution in [3.05, 3.63) is 0 Å². The van der Waals surface area contributed by atoms with Gasteiger partial charge in [-0.25, -0.2) is 0 Å². The van der Waals surface area contributed by atoms with Gasteiger partial charge >= 0.3 is 0 Å². The third kappa shape index (κ3) is 3.45. The molecule has 19 heavy (non-hydrogen) atoms. The van der Waals surface area contributed by atoms with E-state index in [2.05, 4.69) is 10.6 Å². The van der Waals surface area contributed by atoms with Crippen LogP contribution < -0.4 is 10.6 Å². The van der Waals surface area contributed by atoms with Crippen LogP contribution in [0.2, 0.25) is 0 Å². The molecule has 3 atom stereocenters. The molecule has 2 N–H and O–H groups in total. The van der Waals surface area contributed by atoms with Crippen LogP contribution in [0.3, 0.4) is 0 Å². The maximum absolute atomic E-state index is 12.5. The summed E-state index contributed by atoms with van der Waals surface area (Å²) in [5, 5.41) is 6.17.